The molecule has 1 aromatic carbocycles. The van der Waals surface area contributed by atoms with Crippen LogP contribution in [-0.4, -0.2) is 46.5 Å². The molecule has 1 N–H and O–H groups in total. The Hall–Kier alpha value is -3.12. The van der Waals surface area contributed by atoms with E-state index in [0.29, 0.717) is 5.82 Å². The number of nitrogens with zero attached hydrogens (tertiary/aromatic N) is 4. The molecule has 9 heteroatoms. The average molecular weight is 427 g/mol. The number of piperidine rings is 1. The van der Waals surface area contributed by atoms with Crippen molar-refractivity contribution in [3.05, 3.63) is 46.8 Å². The van der Waals surface area contributed by atoms with E-state index in [0.717, 1.165) is 57.7 Å². The van der Waals surface area contributed by atoms with E-state index in [2.05, 4.69) is 32.0 Å². The summed E-state index contributed by atoms with van der Waals surface area (Å²) in [6.45, 7) is 2.30. The molecule has 0 atom stereocenters. The topological polar surface area (TPSA) is 66.9 Å². The van der Waals surface area contributed by atoms with Crippen LogP contribution in [0.1, 0.15) is 36.2 Å². The van der Waals surface area contributed by atoms with Crippen LogP contribution in [0.25, 0.3) is 11.2 Å². The summed E-state index contributed by atoms with van der Waals surface area (Å²) in [5, 5.41) is 6.81. The van der Waals surface area contributed by atoms with Crippen molar-refractivity contribution >= 4 is 17.0 Å². The molecular formula is C22H20F3N5O. The first-order valence-electron chi connectivity index (χ1n) is 10.2. The number of aromatic nitrogens is 4. The second kappa shape index (κ2) is 7.85. The molecule has 5 rings (SSSR count). The number of fused-ring (bicyclic) bond motifs is 1. The molecule has 2 aromatic heterocycles. The molecule has 31 heavy (non-hydrogen) atoms. The van der Waals surface area contributed by atoms with Crippen molar-refractivity contribution in [2.45, 2.75) is 25.9 Å². The zero-order valence-electron chi connectivity index (χ0n) is 16.7. The number of ether oxygens (including phenoxy) is 1. The van der Waals surface area contributed by atoms with Crippen LogP contribution in [0.5, 0.6) is 0 Å². The smallest absolute Gasteiger partial charge is 0.202 e. The van der Waals surface area contributed by atoms with E-state index in [-0.39, 0.29) is 33.5 Å². The van der Waals surface area contributed by atoms with Gasteiger partial charge < -0.3 is 9.64 Å². The van der Waals surface area contributed by atoms with Gasteiger partial charge in [-0.25, -0.2) is 23.1 Å². The third-order valence-corrected chi connectivity index (χ3v) is 6.15. The minimum atomic E-state index is -0.789. The van der Waals surface area contributed by atoms with Gasteiger partial charge in [0.25, 0.3) is 0 Å². The van der Waals surface area contributed by atoms with Crippen molar-refractivity contribution in [2.75, 3.05) is 31.2 Å². The SMILES string of the molecule is FCc1nc2c(C#Cc3c(F)cccc3F)[nH]nc2nc1N1CCC2(CCOC2)CC1. The molecule has 0 unspecified atom stereocenters. The second-order valence-electron chi connectivity index (χ2n) is 8.03. The summed E-state index contributed by atoms with van der Waals surface area (Å²) in [6.07, 6.45) is 2.99. The third kappa shape index (κ3) is 3.61. The van der Waals surface area contributed by atoms with Crippen LogP contribution >= 0.6 is 0 Å². The number of anilines is 1. The summed E-state index contributed by atoms with van der Waals surface area (Å²) in [7, 11) is 0. The Bertz CT molecular complexity index is 1160. The summed E-state index contributed by atoms with van der Waals surface area (Å²) >= 11 is 0. The number of hydrogen-bond acceptors (Lipinski definition) is 5. The van der Waals surface area contributed by atoms with Gasteiger partial charge in [0.1, 0.15) is 35.2 Å². The molecule has 6 nitrogen and oxygen atoms in total. The number of benzene rings is 1. The summed E-state index contributed by atoms with van der Waals surface area (Å²) in [4.78, 5) is 11.0. The van der Waals surface area contributed by atoms with Crippen molar-refractivity contribution in [3.63, 3.8) is 0 Å². The van der Waals surface area contributed by atoms with E-state index in [4.69, 9.17) is 4.74 Å². The van der Waals surface area contributed by atoms with E-state index < -0.39 is 18.3 Å². The Morgan fingerprint density at radius 2 is 1.87 bits per heavy atom. The fourth-order valence-electron chi connectivity index (χ4n) is 4.27. The van der Waals surface area contributed by atoms with Gasteiger partial charge in [-0.1, -0.05) is 12.0 Å². The first-order valence-corrected chi connectivity index (χ1v) is 10.2. The van der Waals surface area contributed by atoms with Gasteiger partial charge in [0.2, 0.25) is 5.65 Å². The van der Waals surface area contributed by atoms with E-state index in [1.165, 1.54) is 6.07 Å². The highest BCUT2D eigenvalue weighted by atomic mass is 19.1. The lowest BCUT2D eigenvalue weighted by Gasteiger charge is -2.39. The lowest BCUT2D eigenvalue weighted by molar-refractivity contribution is 0.133. The number of aromatic amines is 1. The highest BCUT2D eigenvalue weighted by molar-refractivity contribution is 5.78. The van der Waals surface area contributed by atoms with Crippen molar-refractivity contribution in [1.29, 1.82) is 0 Å². The van der Waals surface area contributed by atoms with Gasteiger partial charge in [-0.2, -0.15) is 5.10 Å². The minimum absolute atomic E-state index is 0.202. The molecule has 0 radical (unpaired) electrons. The number of alkyl halides is 1. The first kappa shape index (κ1) is 19.8. The molecule has 1 spiro atoms. The molecule has 160 valence electrons. The maximum absolute atomic E-state index is 13.8. The first-order chi connectivity index (χ1) is 15.1. The maximum Gasteiger partial charge on any atom is 0.202 e. The lowest BCUT2D eigenvalue weighted by Crippen LogP contribution is -2.41. The molecule has 3 aromatic rings. The molecule has 0 amide bonds. The number of H-pyrrole nitrogens is 1. The number of hydrogen-bond donors (Lipinski definition) is 1. The van der Waals surface area contributed by atoms with Crippen molar-refractivity contribution in [2.24, 2.45) is 5.41 Å². The highest BCUT2D eigenvalue weighted by Crippen LogP contribution is 2.40. The molecule has 4 heterocycles. The van der Waals surface area contributed by atoms with Crippen LogP contribution in [0.2, 0.25) is 0 Å². The molecule has 0 aliphatic carbocycles. The fraction of sp³-hybridized carbons (Fsp3) is 0.409. The second-order valence-corrected chi connectivity index (χ2v) is 8.03. The van der Waals surface area contributed by atoms with Crippen molar-refractivity contribution < 1.29 is 17.9 Å². The van der Waals surface area contributed by atoms with E-state index in [1.54, 1.807) is 0 Å². The molecule has 2 aliphatic rings. The lowest BCUT2D eigenvalue weighted by atomic mass is 9.78. The molecule has 2 fully saturated rings. The van der Waals surface area contributed by atoms with Gasteiger partial charge in [-0.15, -0.1) is 0 Å². The predicted molar refractivity (Wildman–Crippen MR) is 108 cm³/mol. The minimum Gasteiger partial charge on any atom is -0.381 e. The van der Waals surface area contributed by atoms with E-state index in [9.17, 15) is 13.2 Å². The van der Waals surface area contributed by atoms with E-state index in [1.807, 2.05) is 4.90 Å². The zero-order chi connectivity index (χ0) is 21.4. The van der Waals surface area contributed by atoms with Crippen LogP contribution in [0.15, 0.2) is 18.2 Å². The number of halogens is 3. The molecule has 2 aliphatic heterocycles. The quantitative estimate of drug-likeness (QED) is 0.634. The summed E-state index contributed by atoms with van der Waals surface area (Å²) in [5.74, 6) is 4.07. The summed E-state index contributed by atoms with van der Waals surface area (Å²) in [6, 6.07) is 3.53. The molecule has 0 bridgehead atoms. The predicted octanol–water partition coefficient (Wildman–Crippen LogP) is 3.51. The third-order valence-electron chi connectivity index (χ3n) is 6.15. The summed E-state index contributed by atoms with van der Waals surface area (Å²) in [5.41, 5.74) is 0.868. The Morgan fingerprint density at radius 3 is 2.55 bits per heavy atom. The van der Waals surface area contributed by atoms with Crippen molar-refractivity contribution in [3.8, 4) is 11.8 Å². The Morgan fingerprint density at radius 1 is 1.10 bits per heavy atom. The monoisotopic (exact) mass is 427 g/mol. The summed E-state index contributed by atoms with van der Waals surface area (Å²) < 4.78 is 47.1. The van der Waals surface area contributed by atoms with Gasteiger partial charge in [0.05, 0.1) is 12.2 Å². The maximum atomic E-state index is 13.8. The number of rotatable bonds is 2. The van der Waals surface area contributed by atoms with Crippen LogP contribution in [-0.2, 0) is 11.4 Å². The van der Waals surface area contributed by atoms with Crippen LogP contribution in [0.3, 0.4) is 0 Å². The molecular weight excluding hydrogens is 407 g/mol. The Labute approximate surface area is 176 Å². The Kier molecular flexibility index (Phi) is 5.02. The van der Waals surface area contributed by atoms with Crippen LogP contribution < -0.4 is 4.90 Å². The van der Waals surface area contributed by atoms with Gasteiger partial charge in [0, 0.05) is 19.7 Å². The number of nitrogens with one attached hydrogen (secondary N) is 1. The highest BCUT2D eigenvalue weighted by Gasteiger charge is 2.38. The van der Waals surface area contributed by atoms with Gasteiger partial charge >= 0.3 is 0 Å². The van der Waals surface area contributed by atoms with Crippen molar-refractivity contribution in [1.82, 2.24) is 20.2 Å². The fourth-order valence-corrected chi connectivity index (χ4v) is 4.27. The largest absolute Gasteiger partial charge is 0.381 e. The van der Waals surface area contributed by atoms with Gasteiger partial charge in [-0.05, 0) is 42.7 Å². The van der Waals surface area contributed by atoms with Gasteiger partial charge in [-0.3, -0.25) is 5.10 Å². The molecule has 2 saturated heterocycles. The van der Waals surface area contributed by atoms with E-state index >= 15 is 0 Å². The van der Waals surface area contributed by atoms with Crippen LogP contribution in [0.4, 0.5) is 19.0 Å². The molecule has 0 saturated carbocycles. The zero-order valence-corrected chi connectivity index (χ0v) is 16.7. The Balaban J connectivity index is 1.45. The average Bonchev–Trinajstić information content (AvgIpc) is 3.40. The standard InChI is InChI=1S/C22H20F3N5O/c23-12-18-21(30-9-6-22(7-10-30)8-11-31-13-22)27-20-19(26-18)17(28-29-20)5-4-14-15(24)2-1-3-16(14)25/h1-3H,6-13H2,(H,27,28,29). The van der Waals surface area contributed by atoms with Gasteiger partial charge in [0.15, 0.2) is 5.82 Å². The normalized spacial score (nSPS) is 17.8. The van der Waals surface area contributed by atoms with Crippen LogP contribution in [0, 0.1) is 28.9 Å².